The lowest BCUT2D eigenvalue weighted by atomic mass is 10.1. The van der Waals surface area contributed by atoms with E-state index in [9.17, 15) is 8.42 Å². The quantitative estimate of drug-likeness (QED) is 0.822. The van der Waals surface area contributed by atoms with Gasteiger partial charge in [0.05, 0.1) is 10.6 Å². The number of fused-ring (bicyclic) bond motifs is 1. The van der Waals surface area contributed by atoms with Gasteiger partial charge in [-0.3, -0.25) is 4.31 Å². The molecule has 5 nitrogen and oxygen atoms in total. The van der Waals surface area contributed by atoms with Crippen LogP contribution >= 0.6 is 0 Å². The van der Waals surface area contributed by atoms with E-state index in [1.54, 1.807) is 24.3 Å². The lowest BCUT2D eigenvalue weighted by Gasteiger charge is -2.19. The molecule has 0 saturated heterocycles. The number of nitrogens with zero attached hydrogens (tertiary/aromatic N) is 1. The van der Waals surface area contributed by atoms with Gasteiger partial charge in [-0.05, 0) is 54.4 Å². The van der Waals surface area contributed by atoms with Gasteiger partial charge in [0, 0.05) is 17.9 Å². The summed E-state index contributed by atoms with van der Waals surface area (Å²) in [5, 5.41) is 0. The molecule has 0 spiro atoms. The molecular formula is C14H15N3O2S. The summed E-state index contributed by atoms with van der Waals surface area (Å²) in [4.78, 5) is 0.247. The van der Waals surface area contributed by atoms with Crippen molar-refractivity contribution in [2.24, 2.45) is 0 Å². The maximum atomic E-state index is 12.6. The van der Waals surface area contributed by atoms with Crippen LogP contribution in [0.2, 0.25) is 0 Å². The standard InChI is InChI=1S/C14H15N3O2S/c15-11-1-4-13(5-2-11)20(18,19)17-8-7-10-9-12(16)3-6-14(10)17/h1-6,9H,7-8,15-16H2. The van der Waals surface area contributed by atoms with Crippen LogP contribution in [0.4, 0.5) is 17.1 Å². The maximum absolute atomic E-state index is 12.6. The summed E-state index contributed by atoms with van der Waals surface area (Å²) in [6.07, 6.45) is 0.675. The van der Waals surface area contributed by atoms with Crippen LogP contribution in [0.1, 0.15) is 5.56 Å². The van der Waals surface area contributed by atoms with Gasteiger partial charge in [-0.25, -0.2) is 8.42 Å². The number of benzene rings is 2. The van der Waals surface area contributed by atoms with Gasteiger partial charge >= 0.3 is 0 Å². The number of rotatable bonds is 2. The average Bonchev–Trinajstić information content (AvgIpc) is 2.82. The Balaban J connectivity index is 2.05. The second kappa shape index (κ2) is 4.42. The predicted octanol–water partition coefficient (Wildman–Crippen LogP) is 1.60. The molecule has 6 heteroatoms. The third-order valence-corrected chi connectivity index (χ3v) is 5.25. The van der Waals surface area contributed by atoms with Gasteiger partial charge in [-0.1, -0.05) is 0 Å². The van der Waals surface area contributed by atoms with Crippen molar-refractivity contribution in [1.29, 1.82) is 0 Å². The van der Waals surface area contributed by atoms with E-state index in [2.05, 4.69) is 0 Å². The van der Waals surface area contributed by atoms with Crippen LogP contribution in [-0.4, -0.2) is 15.0 Å². The molecule has 3 rings (SSSR count). The molecule has 0 saturated carbocycles. The molecule has 0 amide bonds. The number of nitrogens with two attached hydrogens (primary N) is 2. The highest BCUT2D eigenvalue weighted by molar-refractivity contribution is 7.92. The first-order chi connectivity index (χ1) is 9.48. The van der Waals surface area contributed by atoms with Gasteiger partial charge in [0.15, 0.2) is 0 Å². The van der Waals surface area contributed by atoms with Gasteiger partial charge in [-0.15, -0.1) is 0 Å². The summed E-state index contributed by atoms with van der Waals surface area (Å²) in [7, 11) is -3.54. The molecule has 0 aliphatic carbocycles. The van der Waals surface area contributed by atoms with Crippen molar-refractivity contribution >= 4 is 27.1 Å². The molecule has 20 heavy (non-hydrogen) atoms. The van der Waals surface area contributed by atoms with E-state index in [0.29, 0.717) is 30.0 Å². The van der Waals surface area contributed by atoms with Gasteiger partial charge in [-0.2, -0.15) is 0 Å². The van der Waals surface area contributed by atoms with Gasteiger partial charge in [0.25, 0.3) is 10.0 Å². The van der Waals surface area contributed by atoms with Crippen molar-refractivity contribution in [3.63, 3.8) is 0 Å². The van der Waals surface area contributed by atoms with Crippen LogP contribution in [0, 0.1) is 0 Å². The molecule has 0 bridgehead atoms. The van der Waals surface area contributed by atoms with E-state index in [1.165, 1.54) is 16.4 Å². The van der Waals surface area contributed by atoms with E-state index in [4.69, 9.17) is 11.5 Å². The first-order valence-corrected chi connectivity index (χ1v) is 7.69. The smallest absolute Gasteiger partial charge is 0.264 e. The number of nitrogen functional groups attached to an aromatic ring is 2. The minimum Gasteiger partial charge on any atom is -0.399 e. The van der Waals surface area contributed by atoms with E-state index >= 15 is 0 Å². The largest absolute Gasteiger partial charge is 0.399 e. The molecule has 1 heterocycles. The van der Waals surface area contributed by atoms with Crippen LogP contribution < -0.4 is 15.8 Å². The Morgan fingerprint density at radius 1 is 0.950 bits per heavy atom. The van der Waals surface area contributed by atoms with Crippen molar-refractivity contribution in [3.8, 4) is 0 Å². The monoisotopic (exact) mass is 289 g/mol. The topological polar surface area (TPSA) is 89.4 Å². The highest BCUT2D eigenvalue weighted by Gasteiger charge is 2.30. The van der Waals surface area contributed by atoms with Crippen LogP contribution in [0.5, 0.6) is 0 Å². The Morgan fingerprint density at radius 3 is 2.30 bits per heavy atom. The molecule has 0 fully saturated rings. The Kier molecular flexibility index (Phi) is 2.83. The number of hydrogen-bond acceptors (Lipinski definition) is 4. The lowest BCUT2D eigenvalue weighted by Crippen LogP contribution is -2.29. The summed E-state index contributed by atoms with van der Waals surface area (Å²) in [6.45, 7) is 0.436. The Bertz CT molecular complexity index is 754. The van der Waals surface area contributed by atoms with Crippen molar-refractivity contribution in [2.75, 3.05) is 22.3 Å². The minimum absolute atomic E-state index is 0.247. The van der Waals surface area contributed by atoms with Gasteiger partial charge in [0.1, 0.15) is 0 Å². The lowest BCUT2D eigenvalue weighted by molar-refractivity contribution is 0.592. The van der Waals surface area contributed by atoms with Crippen LogP contribution in [0.15, 0.2) is 47.4 Å². The van der Waals surface area contributed by atoms with Gasteiger partial charge in [0.2, 0.25) is 0 Å². The zero-order valence-electron chi connectivity index (χ0n) is 10.8. The van der Waals surface area contributed by atoms with Crippen molar-refractivity contribution in [3.05, 3.63) is 48.0 Å². The summed E-state index contributed by atoms with van der Waals surface area (Å²) >= 11 is 0. The first-order valence-electron chi connectivity index (χ1n) is 6.25. The van der Waals surface area contributed by atoms with Gasteiger partial charge < -0.3 is 11.5 Å². The normalized spacial score (nSPS) is 14.3. The van der Waals surface area contributed by atoms with Crippen molar-refractivity contribution in [1.82, 2.24) is 0 Å². The average molecular weight is 289 g/mol. The Hall–Kier alpha value is -2.21. The van der Waals surface area contributed by atoms with Crippen molar-refractivity contribution < 1.29 is 8.42 Å². The molecule has 104 valence electrons. The first kappa shape index (κ1) is 12.8. The SMILES string of the molecule is Nc1ccc(S(=O)(=O)N2CCc3cc(N)ccc32)cc1. The molecule has 2 aromatic carbocycles. The number of anilines is 3. The van der Waals surface area contributed by atoms with E-state index in [-0.39, 0.29) is 4.90 Å². The Morgan fingerprint density at radius 2 is 1.60 bits per heavy atom. The zero-order chi connectivity index (χ0) is 14.3. The highest BCUT2D eigenvalue weighted by Crippen LogP contribution is 2.34. The second-order valence-corrected chi connectivity index (χ2v) is 6.65. The summed E-state index contributed by atoms with van der Waals surface area (Å²) in [5.74, 6) is 0. The molecule has 0 atom stereocenters. The third kappa shape index (κ3) is 1.98. The van der Waals surface area contributed by atoms with Crippen LogP contribution in [0.3, 0.4) is 0 Å². The number of hydrogen-bond donors (Lipinski definition) is 2. The molecule has 1 aliphatic rings. The van der Waals surface area contributed by atoms with Crippen LogP contribution in [-0.2, 0) is 16.4 Å². The summed E-state index contributed by atoms with van der Waals surface area (Å²) in [6, 6.07) is 11.5. The molecule has 1 aliphatic heterocycles. The molecule has 0 aromatic heterocycles. The molecule has 2 aromatic rings. The van der Waals surface area contributed by atoms with E-state index in [1.807, 2.05) is 6.07 Å². The van der Waals surface area contributed by atoms with Crippen molar-refractivity contribution in [2.45, 2.75) is 11.3 Å². The highest BCUT2D eigenvalue weighted by atomic mass is 32.2. The molecule has 0 radical (unpaired) electrons. The third-order valence-electron chi connectivity index (χ3n) is 3.42. The summed E-state index contributed by atoms with van der Waals surface area (Å²) in [5.41, 5.74) is 14.2. The second-order valence-electron chi connectivity index (χ2n) is 4.78. The maximum Gasteiger partial charge on any atom is 0.264 e. The fourth-order valence-corrected chi connectivity index (χ4v) is 3.91. The Labute approximate surface area is 117 Å². The fourth-order valence-electron chi connectivity index (χ4n) is 2.41. The van der Waals surface area contributed by atoms with Crippen LogP contribution in [0.25, 0.3) is 0 Å². The molecule has 4 N–H and O–H groups in total. The fraction of sp³-hybridized carbons (Fsp3) is 0.143. The number of sulfonamides is 1. The summed E-state index contributed by atoms with van der Waals surface area (Å²) < 4.78 is 26.7. The minimum atomic E-state index is -3.54. The van der Waals surface area contributed by atoms with E-state index < -0.39 is 10.0 Å². The molecular weight excluding hydrogens is 274 g/mol. The zero-order valence-corrected chi connectivity index (χ0v) is 11.6. The van der Waals surface area contributed by atoms with E-state index in [0.717, 1.165) is 5.56 Å². The predicted molar refractivity (Wildman–Crippen MR) is 79.9 cm³/mol. The molecule has 0 unspecified atom stereocenters.